The van der Waals surface area contributed by atoms with Crippen LogP contribution in [-0.4, -0.2) is 37.3 Å². The van der Waals surface area contributed by atoms with Gasteiger partial charge in [-0.05, 0) is 55.7 Å². The molecule has 21 heavy (non-hydrogen) atoms. The molecule has 0 aliphatic rings. The number of benzene rings is 1. The first kappa shape index (κ1) is 18.2. The topological polar surface area (TPSA) is 36.4 Å². The second kappa shape index (κ2) is 11.8. The molecule has 0 aliphatic heterocycles. The van der Waals surface area contributed by atoms with Crippen molar-refractivity contribution in [1.82, 2.24) is 10.6 Å². The molecule has 0 radical (unpaired) electrons. The van der Waals surface area contributed by atoms with Crippen molar-refractivity contribution in [2.75, 3.05) is 31.4 Å². The summed E-state index contributed by atoms with van der Waals surface area (Å²) in [4.78, 5) is 5.93. The zero-order chi connectivity index (χ0) is 15.3. The largest absolute Gasteiger partial charge is 0.357 e. The van der Waals surface area contributed by atoms with Crippen LogP contribution in [0, 0.1) is 0 Å². The van der Waals surface area contributed by atoms with Crippen LogP contribution in [0.2, 0.25) is 0 Å². The maximum Gasteiger partial charge on any atom is 0.191 e. The van der Waals surface area contributed by atoms with Crippen LogP contribution < -0.4 is 10.6 Å². The van der Waals surface area contributed by atoms with Gasteiger partial charge in [0, 0.05) is 18.0 Å². The Morgan fingerprint density at radius 2 is 1.86 bits per heavy atom. The van der Waals surface area contributed by atoms with Crippen LogP contribution in [0.3, 0.4) is 0 Å². The average molecular weight is 326 g/mol. The van der Waals surface area contributed by atoms with Crippen LogP contribution in [0.15, 0.2) is 34.2 Å². The lowest BCUT2D eigenvalue weighted by Gasteiger charge is -2.11. The Morgan fingerprint density at radius 3 is 2.48 bits per heavy atom. The Kier molecular flexibility index (Phi) is 10.3. The fourth-order valence-electron chi connectivity index (χ4n) is 1.82. The van der Waals surface area contributed by atoms with E-state index in [0.717, 1.165) is 25.6 Å². The highest BCUT2D eigenvalue weighted by molar-refractivity contribution is 7.98. The molecule has 0 fully saturated rings. The molecular formula is C16H27N3S2. The van der Waals surface area contributed by atoms with Crippen molar-refractivity contribution in [3.63, 3.8) is 0 Å². The Morgan fingerprint density at radius 1 is 1.10 bits per heavy atom. The molecule has 0 aromatic heterocycles. The van der Waals surface area contributed by atoms with Crippen molar-refractivity contribution in [2.24, 2.45) is 4.99 Å². The molecular weight excluding hydrogens is 298 g/mol. The minimum atomic E-state index is 0.717. The van der Waals surface area contributed by atoms with Gasteiger partial charge in [-0.25, -0.2) is 4.99 Å². The smallest absolute Gasteiger partial charge is 0.191 e. The highest BCUT2D eigenvalue weighted by Crippen LogP contribution is 2.15. The van der Waals surface area contributed by atoms with Gasteiger partial charge in [0.25, 0.3) is 0 Å². The summed E-state index contributed by atoms with van der Waals surface area (Å²) in [6.45, 7) is 4.69. The summed E-state index contributed by atoms with van der Waals surface area (Å²) in [6.07, 6.45) is 6.69. The van der Waals surface area contributed by atoms with Crippen molar-refractivity contribution < 1.29 is 0 Å². The van der Waals surface area contributed by atoms with E-state index in [4.69, 9.17) is 0 Å². The third-order valence-electron chi connectivity index (χ3n) is 2.99. The van der Waals surface area contributed by atoms with Crippen LogP contribution >= 0.6 is 23.5 Å². The Hall–Kier alpha value is -0.810. The van der Waals surface area contributed by atoms with Crippen LogP contribution in [0.25, 0.3) is 0 Å². The second-order valence-electron chi connectivity index (χ2n) is 4.67. The first-order chi connectivity index (χ1) is 10.3. The number of guanidine groups is 1. The van der Waals surface area contributed by atoms with Gasteiger partial charge in [0.1, 0.15) is 0 Å². The number of hydrogen-bond acceptors (Lipinski definition) is 3. The maximum absolute atomic E-state index is 4.64. The first-order valence-electron chi connectivity index (χ1n) is 7.44. The molecule has 2 N–H and O–H groups in total. The van der Waals surface area contributed by atoms with Crippen molar-refractivity contribution in [3.05, 3.63) is 29.8 Å². The summed E-state index contributed by atoms with van der Waals surface area (Å²) >= 11 is 3.67. The van der Waals surface area contributed by atoms with Crippen LogP contribution in [0.5, 0.6) is 0 Å². The fraction of sp³-hybridized carbons (Fsp3) is 0.562. The summed E-state index contributed by atoms with van der Waals surface area (Å²) in [6, 6.07) is 8.60. The third kappa shape index (κ3) is 8.27. The SMILES string of the molecule is CCNC(=NCc1ccc(SC)cc1)NCCCCSC. The quantitative estimate of drug-likeness (QED) is 0.315. The van der Waals surface area contributed by atoms with E-state index in [9.17, 15) is 0 Å². The molecule has 0 saturated carbocycles. The van der Waals surface area contributed by atoms with E-state index >= 15 is 0 Å². The van der Waals surface area contributed by atoms with Gasteiger partial charge in [-0.15, -0.1) is 11.8 Å². The highest BCUT2D eigenvalue weighted by Gasteiger charge is 1.98. The molecule has 1 aromatic carbocycles. The van der Waals surface area contributed by atoms with Gasteiger partial charge in [0.2, 0.25) is 0 Å². The predicted octanol–water partition coefficient (Wildman–Crippen LogP) is 3.61. The molecule has 118 valence electrons. The molecule has 0 amide bonds. The third-order valence-corrected chi connectivity index (χ3v) is 4.43. The molecule has 0 atom stereocenters. The fourth-order valence-corrected chi connectivity index (χ4v) is 2.72. The predicted molar refractivity (Wildman–Crippen MR) is 98.7 cm³/mol. The number of aliphatic imine (C=N–C) groups is 1. The minimum Gasteiger partial charge on any atom is -0.357 e. The van der Waals surface area contributed by atoms with Crippen molar-refractivity contribution in [2.45, 2.75) is 31.2 Å². The number of rotatable bonds is 9. The van der Waals surface area contributed by atoms with Gasteiger partial charge in [0.05, 0.1) is 6.54 Å². The molecule has 0 saturated heterocycles. The molecule has 0 heterocycles. The van der Waals surface area contributed by atoms with Crippen LogP contribution in [0.4, 0.5) is 0 Å². The number of thioether (sulfide) groups is 2. The van der Waals surface area contributed by atoms with E-state index in [-0.39, 0.29) is 0 Å². The molecule has 0 aliphatic carbocycles. The van der Waals surface area contributed by atoms with Gasteiger partial charge < -0.3 is 10.6 Å². The summed E-state index contributed by atoms with van der Waals surface area (Å²) in [5.41, 5.74) is 1.24. The van der Waals surface area contributed by atoms with Gasteiger partial charge in [-0.3, -0.25) is 0 Å². The number of unbranched alkanes of at least 4 members (excludes halogenated alkanes) is 1. The van der Waals surface area contributed by atoms with Crippen LogP contribution in [0.1, 0.15) is 25.3 Å². The van der Waals surface area contributed by atoms with Crippen molar-refractivity contribution in [1.29, 1.82) is 0 Å². The molecule has 0 unspecified atom stereocenters. The van der Waals surface area contributed by atoms with Gasteiger partial charge >= 0.3 is 0 Å². The van der Waals surface area contributed by atoms with E-state index in [1.807, 2.05) is 11.8 Å². The molecule has 3 nitrogen and oxygen atoms in total. The average Bonchev–Trinajstić information content (AvgIpc) is 2.52. The Labute approximate surface area is 137 Å². The Bertz CT molecular complexity index is 404. The molecule has 1 rings (SSSR count). The normalized spacial score (nSPS) is 11.5. The van der Waals surface area contributed by atoms with E-state index in [0.29, 0.717) is 0 Å². The minimum absolute atomic E-state index is 0.717. The number of nitrogens with zero attached hydrogens (tertiary/aromatic N) is 1. The van der Waals surface area contributed by atoms with Crippen molar-refractivity contribution >= 4 is 29.5 Å². The number of nitrogens with one attached hydrogen (secondary N) is 2. The van der Waals surface area contributed by atoms with E-state index in [1.165, 1.54) is 29.1 Å². The van der Waals surface area contributed by atoms with Gasteiger partial charge in [-0.1, -0.05) is 12.1 Å². The second-order valence-corrected chi connectivity index (χ2v) is 6.54. The zero-order valence-corrected chi connectivity index (χ0v) is 14.9. The van der Waals surface area contributed by atoms with Gasteiger partial charge in [0.15, 0.2) is 5.96 Å². The van der Waals surface area contributed by atoms with E-state index in [1.54, 1.807) is 11.8 Å². The molecule has 0 spiro atoms. The summed E-state index contributed by atoms with van der Waals surface area (Å²) in [5, 5.41) is 6.69. The standard InChI is InChI=1S/C16H27N3S2/c1-4-17-16(18-11-5-6-12-20-2)19-13-14-7-9-15(21-3)10-8-14/h7-10H,4-6,11-13H2,1-3H3,(H2,17,18,19). The summed E-state index contributed by atoms with van der Waals surface area (Å²) in [5.74, 6) is 2.15. The van der Waals surface area contributed by atoms with E-state index in [2.05, 4.69) is 59.3 Å². The lowest BCUT2D eigenvalue weighted by molar-refractivity contribution is 0.734. The summed E-state index contributed by atoms with van der Waals surface area (Å²) in [7, 11) is 0. The number of hydrogen-bond donors (Lipinski definition) is 2. The van der Waals surface area contributed by atoms with Crippen LogP contribution in [-0.2, 0) is 6.54 Å². The maximum atomic E-state index is 4.64. The van der Waals surface area contributed by atoms with Gasteiger partial charge in [-0.2, -0.15) is 11.8 Å². The lowest BCUT2D eigenvalue weighted by Crippen LogP contribution is -2.37. The monoisotopic (exact) mass is 325 g/mol. The molecule has 5 heteroatoms. The highest BCUT2D eigenvalue weighted by atomic mass is 32.2. The first-order valence-corrected chi connectivity index (χ1v) is 10.1. The van der Waals surface area contributed by atoms with Crippen molar-refractivity contribution in [3.8, 4) is 0 Å². The molecule has 0 bridgehead atoms. The zero-order valence-electron chi connectivity index (χ0n) is 13.3. The lowest BCUT2D eigenvalue weighted by atomic mass is 10.2. The Balaban J connectivity index is 2.42. The summed E-state index contributed by atoms with van der Waals surface area (Å²) < 4.78 is 0. The molecule has 1 aromatic rings. The van der Waals surface area contributed by atoms with E-state index < -0.39 is 0 Å².